The summed E-state index contributed by atoms with van der Waals surface area (Å²) >= 11 is 0. The van der Waals surface area contributed by atoms with Crippen molar-refractivity contribution in [2.24, 2.45) is 5.73 Å². The first-order valence-electron chi connectivity index (χ1n) is 6.56. The first-order valence-corrected chi connectivity index (χ1v) is 6.56. The van der Waals surface area contributed by atoms with E-state index < -0.39 is 0 Å². The second-order valence-corrected chi connectivity index (χ2v) is 4.65. The normalized spacial score (nSPS) is 10.7. The zero-order chi connectivity index (χ0) is 14.1. The quantitative estimate of drug-likeness (QED) is 0.706. The molecule has 0 saturated carbocycles. The number of amides is 1. The standard InChI is InChI=1S/C14H22FN3O/c1-18(9-4-2-3-8-16)11-14(19)17-13-7-5-6-12(15)10-13/h5-7,10H,2-4,8-9,11,16H2,1H3,(H,17,19). The van der Waals surface area contributed by atoms with Crippen molar-refractivity contribution in [3.05, 3.63) is 30.1 Å². The number of anilines is 1. The van der Waals surface area contributed by atoms with Crippen LogP contribution in [0, 0.1) is 5.82 Å². The summed E-state index contributed by atoms with van der Waals surface area (Å²) in [5.74, 6) is -0.486. The Morgan fingerprint density at radius 1 is 1.37 bits per heavy atom. The van der Waals surface area contributed by atoms with Crippen LogP contribution in [0.1, 0.15) is 19.3 Å². The van der Waals surface area contributed by atoms with E-state index >= 15 is 0 Å². The molecule has 0 atom stereocenters. The van der Waals surface area contributed by atoms with Gasteiger partial charge in [0.25, 0.3) is 0 Å². The Hall–Kier alpha value is -1.46. The van der Waals surface area contributed by atoms with Crippen LogP contribution in [0.2, 0.25) is 0 Å². The third kappa shape index (κ3) is 6.88. The molecule has 0 bridgehead atoms. The van der Waals surface area contributed by atoms with E-state index in [1.54, 1.807) is 12.1 Å². The summed E-state index contributed by atoms with van der Waals surface area (Å²) in [5, 5.41) is 2.67. The van der Waals surface area contributed by atoms with Crippen LogP contribution in [0.25, 0.3) is 0 Å². The number of nitrogens with two attached hydrogens (primary N) is 1. The van der Waals surface area contributed by atoms with Crippen LogP contribution in [0.4, 0.5) is 10.1 Å². The maximum absolute atomic E-state index is 12.9. The van der Waals surface area contributed by atoms with Crippen molar-refractivity contribution in [1.82, 2.24) is 4.90 Å². The fraction of sp³-hybridized carbons (Fsp3) is 0.500. The van der Waals surface area contributed by atoms with E-state index in [-0.39, 0.29) is 11.7 Å². The number of benzene rings is 1. The number of likely N-dealkylation sites (N-methyl/N-ethyl adjacent to an activating group) is 1. The van der Waals surface area contributed by atoms with E-state index in [1.165, 1.54) is 12.1 Å². The molecule has 3 N–H and O–H groups in total. The summed E-state index contributed by atoms with van der Waals surface area (Å²) in [4.78, 5) is 13.7. The molecule has 0 aliphatic rings. The monoisotopic (exact) mass is 267 g/mol. The maximum Gasteiger partial charge on any atom is 0.238 e. The molecule has 1 aromatic carbocycles. The Kier molecular flexibility index (Phi) is 7.07. The van der Waals surface area contributed by atoms with Crippen LogP contribution >= 0.6 is 0 Å². The van der Waals surface area contributed by atoms with Gasteiger partial charge >= 0.3 is 0 Å². The molecule has 0 radical (unpaired) electrons. The van der Waals surface area contributed by atoms with Crippen molar-refractivity contribution in [3.63, 3.8) is 0 Å². The third-order valence-corrected chi connectivity index (χ3v) is 2.77. The molecular formula is C14H22FN3O. The lowest BCUT2D eigenvalue weighted by molar-refractivity contribution is -0.117. The molecule has 1 aromatic rings. The van der Waals surface area contributed by atoms with Crippen molar-refractivity contribution in [1.29, 1.82) is 0 Å². The van der Waals surface area contributed by atoms with E-state index in [1.807, 2.05) is 11.9 Å². The van der Waals surface area contributed by atoms with Crippen molar-refractivity contribution in [2.45, 2.75) is 19.3 Å². The SMILES string of the molecule is CN(CCCCCN)CC(=O)Nc1cccc(F)c1. The van der Waals surface area contributed by atoms with Gasteiger partial charge in [0, 0.05) is 5.69 Å². The highest BCUT2D eigenvalue weighted by Crippen LogP contribution is 2.08. The highest BCUT2D eigenvalue weighted by molar-refractivity contribution is 5.92. The van der Waals surface area contributed by atoms with Gasteiger partial charge in [0.05, 0.1) is 6.54 Å². The molecule has 5 heteroatoms. The van der Waals surface area contributed by atoms with Crippen LogP contribution in [0.5, 0.6) is 0 Å². The molecule has 0 aromatic heterocycles. The predicted molar refractivity (Wildman–Crippen MR) is 75.4 cm³/mol. The number of nitrogens with one attached hydrogen (secondary N) is 1. The molecule has 1 rings (SSSR count). The van der Waals surface area contributed by atoms with Crippen LogP contribution < -0.4 is 11.1 Å². The van der Waals surface area contributed by atoms with Gasteiger partial charge < -0.3 is 11.1 Å². The zero-order valence-electron chi connectivity index (χ0n) is 11.4. The number of rotatable bonds is 8. The summed E-state index contributed by atoms with van der Waals surface area (Å²) in [6.45, 7) is 1.87. The summed E-state index contributed by atoms with van der Waals surface area (Å²) in [5.41, 5.74) is 5.90. The first kappa shape index (κ1) is 15.6. The lowest BCUT2D eigenvalue weighted by atomic mass is 10.2. The Morgan fingerprint density at radius 3 is 2.84 bits per heavy atom. The average Bonchev–Trinajstić information content (AvgIpc) is 2.34. The molecule has 19 heavy (non-hydrogen) atoms. The van der Waals surface area contributed by atoms with Gasteiger partial charge in [-0.3, -0.25) is 9.69 Å². The molecule has 0 aliphatic heterocycles. The fourth-order valence-electron chi connectivity index (χ4n) is 1.79. The van der Waals surface area contributed by atoms with Crippen molar-refractivity contribution in [3.8, 4) is 0 Å². The second kappa shape index (κ2) is 8.61. The molecule has 0 fully saturated rings. The van der Waals surface area contributed by atoms with E-state index in [0.717, 1.165) is 25.8 Å². The van der Waals surface area contributed by atoms with Gasteiger partial charge in [0.2, 0.25) is 5.91 Å². The lowest BCUT2D eigenvalue weighted by Gasteiger charge is -2.16. The minimum absolute atomic E-state index is 0.132. The van der Waals surface area contributed by atoms with Gasteiger partial charge in [-0.25, -0.2) is 4.39 Å². The molecule has 0 unspecified atom stereocenters. The highest BCUT2D eigenvalue weighted by atomic mass is 19.1. The van der Waals surface area contributed by atoms with E-state index in [0.29, 0.717) is 18.8 Å². The minimum Gasteiger partial charge on any atom is -0.330 e. The van der Waals surface area contributed by atoms with Crippen LogP contribution in [0.15, 0.2) is 24.3 Å². The van der Waals surface area contributed by atoms with E-state index in [4.69, 9.17) is 5.73 Å². The molecule has 0 aliphatic carbocycles. The fourth-order valence-corrected chi connectivity index (χ4v) is 1.79. The molecule has 1 amide bonds. The zero-order valence-corrected chi connectivity index (χ0v) is 11.4. The molecule has 0 saturated heterocycles. The van der Waals surface area contributed by atoms with Gasteiger partial charge in [-0.2, -0.15) is 0 Å². The summed E-state index contributed by atoms with van der Waals surface area (Å²) < 4.78 is 12.9. The third-order valence-electron chi connectivity index (χ3n) is 2.77. The molecule has 0 heterocycles. The van der Waals surface area contributed by atoms with Crippen molar-refractivity contribution >= 4 is 11.6 Å². The Bertz CT molecular complexity index is 398. The summed E-state index contributed by atoms with van der Waals surface area (Å²) in [6, 6.07) is 5.89. The van der Waals surface area contributed by atoms with Gasteiger partial charge in [0.15, 0.2) is 0 Å². The van der Waals surface area contributed by atoms with Gasteiger partial charge in [0.1, 0.15) is 5.82 Å². The minimum atomic E-state index is -0.354. The lowest BCUT2D eigenvalue weighted by Crippen LogP contribution is -2.31. The van der Waals surface area contributed by atoms with E-state index in [2.05, 4.69) is 5.32 Å². The Balaban J connectivity index is 2.26. The van der Waals surface area contributed by atoms with Gasteiger partial charge in [-0.05, 0) is 51.2 Å². The molecule has 0 spiro atoms. The number of hydrogen-bond donors (Lipinski definition) is 2. The van der Waals surface area contributed by atoms with Crippen molar-refractivity contribution < 1.29 is 9.18 Å². The molecule has 106 valence electrons. The van der Waals surface area contributed by atoms with Crippen LogP contribution in [-0.2, 0) is 4.79 Å². The smallest absolute Gasteiger partial charge is 0.238 e. The van der Waals surface area contributed by atoms with Gasteiger partial charge in [-0.15, -0.1) is 0 Å². The van der Waals surface area contributed by atoms with Gasteiger partial charge in [-0.1, -0.05) is 12.5 Å². The number of hydrogen-bond acceptors (Lipinski definition) is 3. The maximum atomic E-state index is 12.9. The number of unbranched alkanes of at least 4 members (excludes halogenated alkanes) is 2. The highest BCUT2D eigenvalue weighted by Gasteiger charge is 2.06. The largest absolute Gasteiger partial charge is 0.330 e. The molecule has 4 nitrogen and oxygen atoms in total. The first-order chi connectivity index (χ1) is 9.11. The number of carbonyl (C=O) groups excluding carboxylic acids is 1. The van der Waals surface area contributed by atoms with Crippen LogP contribution in [-0.4, -0.2) is 37.5 Å². The topological polar surface area (TPSA) is 58.4 Å². The van der Waals surface area contributed by atoms with Crippen LogP contribution in [0.3, 0.4) is 0 Å². The number of halogens is 1. The second-order valence-electron chi connectivity index (χ2n) is 4.65. The molecular weight excluding hydrogens is 245 g/mol. The Morgan fingerprint density at radius 2 is 2.16 bits per heavy atom. The number of carbonyl (C=O) groups is 1. The van der Waals surface area contributed by atoms with Crippen molar-refractivity contribution in [2.75, 3.05) is 32.0 Å². The summed E-state index contributed by atoms with van der Waals surface area (Å²) in [7, 11) is 1.90. The Labute approximate surface area is 113 Å². The average molecular weight is 267 g/mol. The van der Waals surface area contributed by atoms with E-state index in [9.17, 15) is 9.18 Å². The predicted octanol–water partition coefficient (Wildman–Crippen LogP) is 1.82. The summed E-state index contributed by atoms with van der Waals surface area (Å²) in [6.07, 6.45) is 3.12. The number of nitrogens with zero attached hydrogens (tertiary/aromatic N) is 1.